The summed E-state index contributed by atoms with van der Waals surface area (Å²) in [5.41, 5.74) is 3.59. The summed E-state index contributed by atoms with van der Waals surface area (Å²) in [5, 5.41) is 23.4. The summed E-state index contributed by atoms with van der Waals surface area (Å²) < 4.78 is 5.94. The number of amides is 1. The Morgan fingerprint density at radius 2 is 1.94 bits per heavy atom. The molecule has 7 nitrogen and oxygen atoms in total. The number of anilines is 1. The first kappa shape index (κ1) is 23.5. The molecule has 1 amide bonds. The van der Waals surface area contributed by atoms with Gasteiger partial charge < -0.3 is 10.1 Å². The van der Waals surface area contributed by atoms with Gasteiger partial charge >= 0.3 is 0 Å². The number of aryl methyl sites for hydroxylation is 2. The zero-order chi connectivity index (χ0) is 24.0. The Bertz CT molecular complexity index is 1300. The molecule has 0 radical (unpaired) electrons. The molecule has 0 unspecified atom stereocenters. The molecule has 0 aliphatic heterocycles. The van der Waals surface area contributed by atoms with E-state index in [-0.39, 0.29) is 16.9 Å². The Labute approximate surface area is 196 Å². The number of carbonyl (C=O) groups excluding carboxylic acids is 1. The maximum absolute atomic E-state index is 12.6. The number of hydrogen-bond acceptors (Lipinski definition) is 5. The van der Waals surface area contributed by atoms with Crippen molar-refractivity contribution in [1.82, 2.24) is 0 Å². The van der Waals surface area contributed by atoms with Crippen LogP contribution in [0, 0.1) is 35.3 Å². The van der Waals surface area contributed by atoms with Crippen molar-refractivity contribution in [1.29, 1.82) is 5.26 Å². The van der Waals surface area contributed by atoms with Crippen molar-refractivity contribution in [3.8, 4) is 11.8 Å². The van der Waals surface area contributed by atoms with Crippen LogP contribution < -0.4 is 10.1 Å². The lowest BCUT2D eigenvalue weighted by Crippen LogP contribution is -2.13. The lowest BCUT2D eigenvalue weighted by molar-refractivity contribution is -0.384. The number of hydrogen-bond donors (Lipinski definition) is 1. The van der Waals surface area contributed by atoms with Crippen LogP contribution in [0.25, 0.3) is 6.08 Å². The van der Waals surface area contributed by atoms with E-state index in [0.29, 0.717) is 22.9 Å². The number of nitriles is 1. The highest BCUT2D eigenvalue weighted by molar-refractivity contribution is 6.30. The van der Waals surface area contributed by atoms with E-state index in [1.54, 1.807) is 18.2 Å². The zero-order valence-electron chi connectivity index (χ0n) is 18.0. The molecule has 8 heteroatoms. The molecule has 0 saturated heterocycles. The molecule has 0 bridgehead atoms. The number of carbonyl (C=O) groups is 1. The third-order valence-electron chi connectivity index (χ3n) is 4.92. The monoisotopic (exact) mass is 461 g/mol. The molecule has 166 valence electrons. The van der Waals surface area contributed by atoms with E-state index in [0.717, 1.165) is 11.1 Å². The van der Waals surface area contributed by atoms with Crippen molar-refractivity contribution in [2.45, 2.75) is 20.5 Å². The van der Waals surface area contributed by atoms with Crippen LogP contribution in [0.1, 0.15) is 22.3 Å². The minimum atomic E-state index is -0.710. The number of ether oxygens (including phenoxy) is 1. The number of nitro groups is 1. The van der Waals surface area contributed by atoms with Gasteiger partial charge in [0.05, 0.1) is 4.92 Å². The first-order valence-corrected chi connectivity index (χ1v) is 10.3. The molecule has 0 aromatic heterocycles. The summed E-state index contributed by atoms with van der Waals surface area (Å²) in [6.45, 7) is 4.35. The van der Waals surface area contributed by atoms with Gasteiger partial charge in [0.15, 0.2) is 0 Å². The van der Waals surface area contributed by atoms with Gasteiger partial charge in [0, 0.05) is 28.4 Å². The predicted molar refractivity (Wildman–Crippen MR) is 127 cm³/mol. The second-order valence-electron chi connectivity index (χ2n) is 7.32. The van der Waals surface area contributed by atoms with E-state index in [9.17, 15) is 20.2 Å². The average molecular weight is 462 g/mol. The fourth-order valence-electron chi connectivity index (χ4n) is 3.02. The van der Waals surface area contributed by atoms with E-state index in [2.05, 4.69) is 5.32 Å². The van der Waals surface area contributed by atoms with Crippen molar-refractivity contribution in [2.24, 2.45) is 0 Å². The molecule has 33 heavy (non-hydrogen) atoms. The van der Waals surface area contributed by atoms with Gasteiger partial charge in [-0.05, 0) is 60.9 Å². The van der Waals surface area contributed by atoms with Gasteiger partial charge in [-0.2, -0.15) is 5.26 Å². The van der Waals surface area contributed by atoms with Crippen LogP contribution in [0.4, 0.5) is 11.4 Å². The quantitative estimate of drug-likeness (QED) is 0.201. The van der Waals surface area contributed by atoms with Gasteiger partial charge in [0.1, 0.15) is 24.0 Å². The van der Waals surface area contributed by atoms with Crippen molar-refractivity contribution >= 4 is 35.0 Å². The van der Waals surface area contributed by atoms with Gasteiger partial charge in [0.25, 0.3) is 11.6 Å². The highest BCUT2D eigenvalue weighted by Gasteiger charge is 2.14. The fraction of sp³-hybridized carbons (Fsp3) is 0.120. The molecular formula is C25H20ClN3O4. The van der Waals surface area contributed by atoms with Crippen LogP contribution >= 0.6 is 11.6 Å². The number of halogens is 1. The number of benzene rings is 3. The Morgan fingerprint density at radius 1 is 1.15 bits per heavy atom. The van der Waals surface area contributed by atoms with Crippen LogP contribution in [-0.4, -0.2) is 10.8 Å². The van der Waals surface area contributed by atoms with E-state index < -0.39 is 10.8 Å². The second-order valence-corrected chi connectivity index (χ2v) is 7.76. The first-order valence-electron chi connectivity index (χ1n) is 9.93. The van der Waals surface area contributed by atoms with Gasteiger partial charge in [-0.1, -0.05) is 35.9 Å². The highest BCUT2D eigenvalue weighted by atomic mass is 35.5. The number of non-ortho nitro benzene ring substituents is 1. The zero-order valence-corrected chi connectivity index (χ0v) is 18.7. The number of nitro benzene ring substituents is 1. The summed E-state index contributed by atoms with van der Waals surface area (Å²) in [7, 11) is 0. The molecule has 0 saturated carbocycles. The van der Waals surface area contributed by atoms with Gasteiger partial charge in [0.2, 0.25) is 0 Å². The van der Waals surface area contributed by atoms with Crippen LogP contribution in [-0.2, 0) is 11.4 Å². The minimum Gasteiger partial charge on any atom is -0.488 e. The summed E-state index contributed by atoms with van der Waals surface area (Å²) in [4.78, 5) is 23.0. The molecule has 3 aromatic carbocycles. The van der Waals surface area contributed by atoms with Crippen LogP contribution in [0.5, 0.6) is 5.75 Å². The molecule has 1 N–H and O–H groups in total. The summed E-state index contributed by atoms with van der Waals surface area (Å²) in [6.07, 6.45) is 1.37. The third kappa shape index (κ3) is 6.19. The molecule has 0 aliphatic rings. The normalized spacial score (nSPS) is 10.9. The van der Waals surface area contributed by atoms with Crippen molar-refractivity contribution in [2.75, 3.05) is 5.32 Å². The number of nitrogens with one attached hydrogen (secondary N) is 1. The number of rotatable bonds is 7. The van der Waals surface area contributed by atoms with Gasteiger partial charge in [-0.3, -0.25) is 14.9 Å². The lowest BCUT2D eigenvalue weighted by atomic mass is 10.1. The third-order valence-corrected chi connectivity index (χ3v) is 5.15. The van der Waals surface area contributed by atoms with Crippen LogP contribution in [0.3, 0.4) is 0 Å². The van der Waals surface area contributed by atoms with E-state index in [4.69, 9.17) is 16.3 Å². The predicted octanol–water partition coefficient (Wildman–Crippen LogP) is 5.99. The van der Waals surface area contributed by atoms with Crippen molar-refractivity contribution in [3.05, 3.63) is 104 Å². The SMILES string of the molecule is Cc1ccc(COc2ccc(Cl)cc2/C=C(\C#N)C(=O)Nc2cccc([N+](=O)[O-])c2)cc1C. The molecule has 0 atom stereocenters. The van der Waals surface area contributed by atoms with E-state index in [1.165, 1.54) is 35.9 Å². The van der Waals surface area contributed by atoms with Gasteiger partial charge in [-0.25, -0.2) is 0 Å². The summed E-state index contributed by atoms with van der Waals surface area (Å²) >= 11 is 6.12. The Hall–Kier alpha value is -4.15. The van der Waals surface area contributed by atoms with E-state index in [1.807, 2.05) is 38.1 Å². The average Bonchev–Trinajstić information content (AvgIpc) is 2.79. The Balaban J connectivity index is 1.83. The molecule has 3 rings (SSSR count). The lowest BCUT2D eigenvalue weighted by Gasteiger charge is -2.12. The molecule has 0 spiro atoms. The van der Waals surface area contributed by atoms with Crippen molar-refractivity contribution < 1.29 is 14.5 Å². The largest absolute Gasteiger partial charge is 0.488 e. The summed E-state index contributed by atoms with van der Waals surface area (Å²) in [5.74, 6) is -0.258. The molecule has 0 fully saturated rings. The summed E-state index contributed by atoms with van der Waals surface area (Å²) in [6, 6.07) is 18.3. The van der Waals surface area contributed by atoms with E-state index >= 15 is 0 Å². The topological polar surface area (TPSA) is 105 Å². The van der Waals surface area contributed by atoms with Crippen LogP contribution in [0.2, 0.25) is 5.02 Å². The highest BCUT2D eigenvalue weighted by Crippen LogP contribution is 2.27. The molecule has 0 heterocycles. The van der Waals surface area contributed by atoms with Crippen LogP contribution in [0.15, 0.2) is 66.2 Å². The molecular weight excluding hydrogens is 442 g/mol. The van der Waals surface area contributed by atoms with Crippen molar-refractivity contribution in [3.63, 3.8) is 0 Å². The van der Waals surface area contributed by atoms with Gasteiger partial charge in [-0.15, -0.1) is 0 Å². The maximum Gasteiger partial charge on any atom is 0.271 e. The Morgan fingerprint density at radius 3 is 2.64 bits per heavy atom. The standard InChI is InChI=1S/C25H20ClN3O4/c1-16-6-7-18(10-17(16)2)15-33-24-9-8-21(26)12-19(24)11-20(14-27)25(30)28-22-4-3-5-23(13-22)29(31)32/h3-13H,15H2,1-2H3,(H,28,30)/b20-11+. The molecule has 3 aromatic rings. The minimum absolute atomic E-state index is 0.174. The molecule has 0 aliphatic carbocycles. The fourth-order valence-corrected chi connectivity index (χ4v) is 3.20. The smallest absolute Gasteiger partial charge is 0.271 e. The second kappa shape index (κ2) is 10.4. The Kier molecular flexibility index (Phi) is 7.44. The number of nitrogens with zero attached hydrogens (tertiary/aromatic N) is 2. The maximum atomic E-state index is 12.6. The first-order chi connectivity index (χ1) is 15.8.